The second kappa shape index (κ2) is 15.7. The number of nitrogens with zero attached hydrogens (tertiary/aromatic N) is 4. The summed E-state index contributed by atoms with van der Waals surface area (Å²) < 4.78 is 6.70. The minimum Gasteiger partial charge on any atom is -0.323 e. The molecule has 0 fully saturated rings. The van der Waals surface area contributed by atoms with Gasteiger partial charge in [-0.2, -0.15) is 0 Å². The van der Waals surface area contributed by atoms with E-state index in [4.69, 9.17) is 0 Å². The predicted octanol–water partition coefficient (Wildman–Crippen LogP) is 15.9. The topological polar surface area (TPSA) is 16.5 Å². The number of aromatic nitrogens is 3. The van der Waals surface area contributed by atoms with Crippen molar-refractivity contribution in [2.75, 3.05) is 4.90 Å². The fourth-order valence-corrected chi connectivity index (χ4v) is 9.56. The molecule has 12 aromatic rings. The van der Waals surface area contributed by atoms with E-state index in [2.05, 4.69) is 274 Å². The molecule has 0 saturated carbocycles. The van der Waals surface area contributed by atoms with Gasteiger partial charge < -0.3 is 18.1 Å². The van der Waals surface area contributed by atoms with Gasteiger partial charge >= 0.3 is 0 Å². The van der Waals surface area contributed by atoms with Crippen molar-refractivity contribution in [3.63, 3.8) is 0 Å². The minimum atomic E-state index is 1.08. The Morgan fingerprint density at radius 3 is 0.781 bits per heavy atom. The molecule has 0 aliphatic carbocycles. The molecule has 302 valence electrons. The van der Waals surface area contributed by atoms with Crippen LogP contribution in [0.25, 0.3) is 83.3 Å². The summed E-state index contributed by atoms with van der Waals surface area (Å²) in [5.41, 5.74) is 21.2. The van der Waals surface area contributed by atoms with Crippen molar-refractivity contribution in [2.24, 2.45) is 0 Å². The maximum absolute atomic E-state index is 2.37. The Balaban J connectivity index is 0.974. The molecule has 0 saturated heterocycles. The Labute approximate surface area is 372 Å². The van der Waals surface area contributed by atoms with Gasteiger partial charge in [0, 0.05) is 87.6 Å². The Morgan fingerprint density at radius 1 is 0.234 bits per heavy atom. The Kier molecular flexibility index (Phi) is 9.12. The molecule has 0 spiro atoms. The van der Waals surface area contributed by atoms with Crippen LogP contribution in [0, 0.1) is 0 Å². The van der Waals surface area contributed by atoms with Crippen molar-refractivity contribution in [1.29, 1.82) is 0 Å². The molecule has 0 radical (unpaired) electrons. The predicted molar refractivity (Wildman–Crippen MR) is 267 cm³/mol. The highest BCUT2D eigenvalue weighted by atomic mass is 15.1. The summed E-state index contributed by atoms with van der Waals surface area (Å²) >= 11 is 0. The van der Waals surface area contributed by atoms with Crippen molar-refractivity contribution in [1.82, 2.24) is 13.2 Å². The average Bonchev–Trinajstić information content (AvgIpc) is 4.08. The fraction of sp³-hybridized carbons (Fsp3) is 0. The van der Waals surface area contributed by atoms with Crippen molar-refractivity contribution < 1.29 is 0 Å². The first-order valence-electron chi connectivity index (χ1n) is 21.8. The van der Waals surface area contributed by atoms with Crippen LogP contribution in [0.2, 0.25) is 0 Å². The lowest BCUT2D eigenvalue weighted by molar-refractivity contribution is 1.20. The molecular formula is C60H42N4. The van der Waals surface area contributed by atoms with Gasteiger partial charge in [0.2, 0.25) is 0 Å². The van der Waals surface area contributed by atoms with Crippen LogP contribution in [-0.2, 0) is 0 Å². The van der Waals surface area contributed by atoms with E-state index in [1.807, 2.05) is 0 Å². The summed E-state index contributed by atoms with van der Waals surface area (Å²) in [7, 11) is 0. The van der Waals surface area contributed by atoms with Gasteiger partial charge in [-0.1, -0.05) is 146 Å². The molecule has 0 amide bonds. The zero-order valence-electron chi connectivity index (χ0n) is 35.0. The van der Waals surface area contributed by atoms with Crippen LogP contribution in [0.3, 0.4) is 0 Å². The third-order valence-corrected chi connectivity index (χ3v) is 12.5. The number of rotatable bonds is 9. The van der Waals surface area contributed by atoms with Crippen molar-refractivity contribution in [2.45, 2.75) is 0 Å². The summed E-state index contributed by atoms with van der Waals surface area (Å²) in [5.74, 6) is 0. The molecule has 6 aromatic heterocycles. The SMILES string of the molecule is c1ccc(-c2c(-c3ccc(N(c4ccc(-c5cn6ccccc6c5-c5ccccc5)cc4)c4ccc(-c5cn6ccccc6c5-c5ccccc5)cc4)cc3)cn3ccccc23)cc1. The maximum atomic E-state index is 2.37. The Bertz CT molecular complexity index is 3180. The molecule has 0 aliphatic heterocycles. The fourth-order valence-electron chi connectivity index (χ4n) is 9.56. The third-order valence-electron chi connectivity index (χ3n) is 12.5. The molecule has 4 heteroatoms. The molecule has 6 heterocycles. The highest BCUT2D eigenvalue weighted by molar-refractivity contribution is 5.98. The minimum absolute atomic E-state index is 1.08. The van der Waals surface area contributed by atoms with Crippen molar-refractivity contribution in [3.8, 4) is 66.8 Å². The van der Waals surface area contributed by atoms with E-state index in [-0.39, 0.29) is 0 Å². The lowest BCUT2D eigenvalue weighted by Gasteiger charge is -2.26. The van der Waals surface area contributed by atoms with Crippen LogP contribution in [0.5, 0.6) is 0 Å². The second-order valence-electron chi connectivity index (χ2n) is 16.3. The molecule has 64 heavy (non-hydrogen) atoms. The lowest BCUT2D eigenvalue weighted by Crippen LogP contribution is -2.09. The molecule has 6 aromatic carbocycles. The van der Waals surface area contributed by atoms with Crippen LogP contribution in [0.4, 0.5) is 17.1 Å². The van der Waals surface area contributed by atoms with Gasteiger partial charge in [0.15, 0.2) is 0 Å². The van der Waals surface area contributed by atoms with Crippen LogP contribution in [0.15, 0.2) is 256 Å². The van der Waals surface area contributed by atoms with E-state index >= 15 is 0 Å². The highest BCUT2D eigenvalue weighted by Crippen LogP contribution is 2.44. The Hall–Kier alpha value is -8.60. The van der Waals surface area contributed by atoms with Crippen LogP contribution < -0.4 is 4.90 Å². The lowest BCUT2D eigenvalue weighted by atomic mass is 9.96. The van der Waals surface area contributed by atoms with Crippen molar-refractivity contribution in [3.05, 3.63) is 256 Å². The van der Waals surface area contributed by atoms with E-state index in [0.29, 0.717) is 0 Å². The second-order valence-corrected chi connectivity index (χ2v) is 16.3. The molecule has 0 aliphatic rings. The zero-order valence-corrected chi connectivity index (χ0v) is 35.0. The first-order valence-corrected chi connectivity index (χ1v) is 21.8. The van der Waals surface area contributed by atoms with E-state index in [9.17, 15) is 0 Å². The first-order chi connectivity index (χ1) is 31.7. The van der Waals surface area contributed by atoms with Gasteiger partial charge in [0.25, 0.3) is 0 Å². The number of anilines is 3. The highest BCUT2D eigenvalue weighted by Gasteiger charge is 2.20. The average molecular weight is 819 g/mol. The molecule has 0 unspecified atom stereocenters. The van der Waals surface area contributed by atoms with Gasteiger partial charge in [0.05, 0.1) is 16.6 Å². The van der Waals surface area contributed by atoms with E-state index in [1.54, 1.807) is 0 Å². The number of hydrogen-bond donors (Lipinski definition) is 0. The molecule has 12 rings (SSSR count). The molecule has 0 atom stereocenters. The summed E-state index contributed by atoms with van der Waals surface area (Å²) in [6.45, 7) is 0. The van der Waals surface area contributed by atoms with Gasteiger partial charge in [-0.15, -0.1) is 0 Å². The number of fused-ring (bicyclic) bond motifs is 3. The molecule has 0 N–H and O–H groups in total. The van der Waals surface area contributed by atoms with Crippen molar-refractivity contribution >= 4 is 33.6 Å². The standard InChI is InChI=1S/C60H42N4/c1-4-16-46(17-5-1)58-52(40-61-37-13-10-22-55(58)61)43-25-31-49(32-26-43)64(50-33-27-44(28-34-50)53-41-62-38-14-11-23-56(62)59(53)47-18-6-2-7-19-47)51-35-29-45(30-36-51)54-42-63-39-15-12-24-57(63)60(54)48-20-8-3-9-21-48/h1-42H. The molecule has 4 nitrogen and oxygen atoms in total. The molecule has 0 bridgehead atoms. The van der Waals surface area contributed by atoms with Gasteiger partial charge in [0.1, 0.15) is 0 Å². The van der Waals surface area contributed by atoms with Gasteiger partial charge in [-0.25, -0.2) is 0 Å². The summed E-state index contributed by atoms with van der Waals surface area (Å²) in [5, 5.41) is 0. The van der Waals surface area contributed by atoms with Crippen LogP contribution >= 0.6 is 0 Å². The van der Waals surface area contributed by atoms with Gasteiger partial charge in [-0.3, -0.25) is 0 Å². The summed E-state index contributed by atoms with van der Waals surface area (Å²) in [6, 6.07) is 78.6. The largest absolute Gasteiger partial charge is 0.323 e. The number of benzene rings is 6. The first kappa shape index (κ1) is 37.2. The van der Waals surface area contributed by atoms with E-state index in [0.717, 1.165) is 17.1 Å². The van der Waals surface area contributed by atoms with Crippen LogP contribution in [0.1, 0.15) is 0 Å². The summed E-state index contributed by atoms with van der Waals surface area (Å²) in [4.78, 5) is 2.37. The monoisotopic (exact) mass is 818 g/mol. The van der Waals surface area contributed by atoms with E-state index < -0.39 is 0 Å². The van der Waals surface area contributed by atoms with Crippen LogP contribution in [-0.4, -0.2) is 13.2 Å². The normalized spacial score (nSPS) is 11.4. The number of pyridine rings is 3. The third kappa shape index (κ3) is 6.48. The molecular weight excluding hydrogens is 777 g/mol. The van der Waals surface area contributed by atoms with E-state index in [1.165, 1.54) is 83.3 Å². The quantitative estimate of drug-likeness (QED) is 0.142. The number of hydrogen-bond acceptors (Lipinski definition) is 1. The van der Waals surface area contributed by atoms with Gasteiger partial charge in [-0.05, 0) is 106 Å². The maximum Gasteiger partial charge on any atom is 0.0534 e. The zero-order chi connectivity index (χ0) is 42.4. The smallest absolute Gasteiger partial charge is 0.0534 e. The Morgan fingerprint density at radius 2 is 0.500 bits per heavy atom. The summed E-state index contributed by atoms with van der Waals surface area (Å²) in [6.07, 6.45) is 13.2.